The number of amides is 1. The number of carbonyl (C=O) groups excluding carboxylic acids is 1. The normalized spacial score (nSPS) is 20.5. The summed E-state index contributed by atoms with van der Waals surface area (Å²) in [5.41, 5.74) is 0.491. The molecule has 3 rings (SSSR count). The Balaban J connectivity index is 1.65. The van der Waals surface area contributed by atoms with Gasteiger partial charge >= 0.3 is 0 Å². The molecule has 1 aromatic carbocycles. The standard InChI is InChI=1S/C19H29N3O2/c1-24-14-11-20-18(23)19(21-17-5-3-2-4-6-17)9-12-22(13-10-19)15-16-7-8-16/h2-6,16,21H,7-15H2,1H3,(H,20,23). The topological polar surface area (TPSA) is 53.6 Å². The molecule has 0 bridgehead atoms. The second-order valence-electron chi connectivity index (χ2n) is 7.07. The predicted molar refractivity (Wildman–Crippen MR) is 96.1 cm³/mol. The van der Waals surface area contributed by atoms with Crippen LogP contribution in [0.4, 0.5) is 5.69 Å². The van der Waals surface area contributed by atoms with Gasteiger partial charge in [0.2, 0.25) is 5.91 Å². The molecule has 0 radical (unpaired) electrons. The zero-order valence-corrected chi connectivity index (χ0v) is 14.6. The van der Waals surface area contributed by atoms with Crippen molar-refractivity contribution in [2.75, 3.05) is 45.2 Å². The number of nitrogens with one attached hydrogen (secondary N) is 2. The number of rotatable bonds is 8. The van der Waals surface area contributed by atoms with Crippen molar-refractivity contribution < 1.29 is 9.53 Å². The van der Waals surface area contributed by atoms with Gasteiger partial charge in [-0.25, -0.2) is 0 Å². The number of carbonyl (C=O) groups is 1. The van der Waals surface area contributed by atoms with Gasteiger partial charge in [0.15, 0.2) is 0 Å². The van der Waals surface area contributed by atoms with Crippen LogP contribution in [0.25, 0.3) is 0 Å². The molecule has 2 fully saturated rings. The fourth-order valence-electron chi connectivity index (χ4n) is 3.43. The molecule has 1 aliphatic carbocycles. The summed E-state index contributed by atoms with van der Waals surface area (Å²) in [5, 5.41) is 6.57. The number of hydrogen-bond donors (Lipinski definition) is 2. The Morgan fingerprint density at radius 1 is 1.25 bits per heavy atom. The van der Waals surface area contributed by atoms with E-state index in [-0.39, 0.29) is 5.91 Å². The van der Waals surface area contributed by atoms with Gasteiger partial charge < -0.3 is 20.3 Å². The molecular formula is C19H29N3O2. The minimum absolute atomic E-state index is 0.0921. The van der Waals surface area contributed by atoms with E-state index in [0.717, 1.165) is 37.5 Å². The van der Waals surface area contributed by atoms with E-state index in [1.165, 1.54) is 19.4 Å². The summed E-state index contributed by atoms with van der Waals surface area (Å²) in [6, 6.07) is 10.1. The van der Waals surface area contributed by atoms with Crippen LogP contribution >= 0.6 is 0 Å². The zero-order chi connectivity index (χ0) is 16.8. The van der Waals surface area contributed by atoms with Gasteiger partial charge in [-0.3, -0.25) is 4.79 Å². The third kappa shape index (κ3) is 4.48. The molecule has 5 nitrogen and oxygen atoms in total. The maximum atomic E-state index is 12.9. The Morgan fingerprint density at radius 3 is 2.58 bits per heavy atom. The van der Waals surface area contributed by atoms with Crippen LogP contribution in [-0.2, 0) is 9.53 Å². The molecule has 132 valence electrons. The van der Waals surface area contributed by atoms with Crippen LogP contribution in [-0.4, -0.2) is 56.2 Å². The first-order chi connectivity index (χ1) is 11.7. The summed E-state index contributed by atoms with van der Waals surface area (Å²) in [7, 11) is 1.65. The first-order valence-corrected chi connectivity index (χ1v) is 9.05. The molecule has 2 N–H and O–H groups in total. The third-order valence-corrected chi connectivity index (χ3v) is 5.11. The van der Waals surface area contributed by atoms with Crippen LogP contribution in [0, 0.1) is 5.92 Å². The Hall–Kier alpha value is -1.59. The second-order valence-corrected chi connectivity index (χ2v) is 7.07. The maximum absolute atomic E-state index is 12.9. The van der Waals surface area contributed by atoms with E-state index < -0.39 is 5.54 Å². The Morgan fingerprint density at radius 2 is 1.96 bits per heavy atom. The molecule has 2 aliphatic rings. The van der Waals surface area contributed by atoms with E-state index in [0.29, 0.717) is 13.2 Å². The third-order valence-electron chi connectivity index (χ3n) is 5.11. The number of piperidine rings is 1. The molecule has 1 saturated heterocycles. The van der Waals surface area contributed by atoms with Crippen LogP contribution in [0.3, 0.4) is 0 Å². The maximum Gasteiger partial charge on any atom is 0.245 e. The smallest absolute Gasteiger partial charge is 0.245 e. The minimum atomic E-state index is -0.519. The molecule has 0 unspecified atom stereocenters. The zero-order valence-electron chi connectivity index (χ0n) is 14.6. The van der Waals surface area contributed by atoms with Crippen LogP contribution in [0.15, 0.2) is 30.3 Å². The fourth-order valence-corrected chi connectivity index (χ4v) is 3.43. The largest absolute Gasteiger partial charge is 0.383 e. The highest BCUT2D eigenvalue weighted by Crippen LogP contribution is 2.33. The van der Waals surface area contributed by atoms with Crippen molar-refractivity contribution in [2.24, 2.45) is 5.92 Å². The molecule has 5 heteroatoms. The van der Waals surface area contributed by atoms with Gasteiger partial charge in [-0.15, -0.1) is 0 Å². The van der Waals surface area contributed by atoms with Crippen LogP contribution in [0.2, 0.25) is 0 Å². The summed E-state index contributed by atoms with van der Waals surface area (Å²) in [6.45, 7) is 4.26. The fraction of sp³-hybridized carbons (Fsp3) is 0.632. The molecule has 0 aromatic heterocycles. The number of methoxy groups -OCH3 is 1. The summed E-state index contributed by atoms with van der Waals surface area (Å²) >= 11 is 0. The highest BCUT2D eigenvalue weighted by molar-refractivity contribution is 5.89. The van der Waals surface area contributed by atoms with E-state index in [9.17, 15) is 4.79 Å². The molecule has 0 atom stereocenters. The first kappa shape index (κ1) is 17.2. The summed E-state index contributed by atoms with van der Waals surface area (Å²) in [5.74, 6) is 0.990. The highest BCUT2D eigenvalue weighted by Gasteiger charge is 2.42. The SMILES string of the molecule is COCCNC(=O)C1(Nc2ccccc2)CCN(CC2CC2)CC1. The summed E-state index contributed by atoms with van der Waals surface area (Å²) in [4.78, 5) is 15.4. The van der Waals surface area contributed by atoms with Crippen molar-refractivity contribution in [3.05, 3.63) is 30.3 Å². The van der Waals surface area contributed by atoms with Crippen molar-refractivity contribution in [3.8, 4) is 0 Å². The minimum Gasteiger partial charge on any atom is -0.383 e. The number of nitrogens with zero attached hydrogens (tertiary/aromatic N) is 1. The van der Waals surface area contributed by atoms with Crippen molar-refractivity contribution in [1.29, 1.82) is 0 Å². The van der Waals surface area contributed by atoms with Crippen molar-refractivity contribution >= 4 is 11.6 Å². The summed E-state index contributed by atoms with van der Waals surface area (Å²) in [6.07, 6.45) is 4.43. The van der Waals surface area contributed by atoms with Crippen molar-refractivity contribution in [2.45, 2.75) is 31.2 Å². The van der Waals surface area contributed by atoms with Crippen molar-refractivity contribution in [3.63, 3.8) is 0 Å². The lowest BCUT2D eigenvalue weighted by molar-refractivity contribution is -0.127. The van der Waals surface area contributed by atoms with E-state index in [4.69, 9.17) is 4.74 Å². The van der Waals surface area contributed by atoms with Gasteiger partial charge in [0.05, 0.1) is 6.61 Å². The van der Waals surface area contributed by atoms with Crippen molar-refractivity contribution in [1.82, 2.24) is 10.2 Å². The number of likely N-dealkylation sites (tertiary alicyclic amines) is 1. The molecule has 0 spiro atoms. The van der Waals surface area contributed by atoms with E-state index in [1.54, 1.807) is 7.11 Å². The van der Waals surface area contributed by atoms with Gasteiger partial charge in [0, 0.05) is 39.0 Å². The lowest BCUT2D eigenvalue weighted by Crippen LogP contribution is -2.58. The van der Waals surface area contributed by atoms with Crippen LogP contribution < -0.4 is 10.6 Å². The van der Waals surface area contributed by atoms with E-state index >= 15 is 0 Å². The molecule has 1 aliphatic heterocycles. The van der Waals surface area contributed by atoms with Gasteiger partial charge in [-0.2, -0.15) is 0 Å². The number of anilines is 1. The summed E-state index contributed by atoms with van der Waals surface area (Å²) < 4.78 is 5.06. The van der Waals surface area contributed by atoms with E-state index in [1.807, 2.05) is 30.3 Å². The first-order valence-electron chi connectivity index (χ1n) is 9.05. The number of hydrogen-bond acceptors (Lipinski definition) is 4. The molecule has 1 amide bonds. The number of para-hydroxylation sites is 1. The van der Waals surface area contributed by atoms with Gasteiger partial charge in [-0.1, -0.05) is 18.2 Å². The second kappa shape index (κ2) is 7.99. The molecule has 1 heterocycles. The molecule has 1 saturated carbocycles. The van der Waals surface area contributed by atoms with Gasteiger partial charge in [0.1, 0.15) is 5.54 Å². The van der Waals surface area contributed by atoms with Crippen LogP contribution in [0.1, 0.15) is 25.7 Å². The molecular weight excluding hydrogens is 302 g/mol. The average molecular weight is 331 g/mol. The lowest BCUT2D eigenvalue weighted by atomic mass is 9.85. The Kier molecular flexibility index (Phi) is 5.74. The Bertz CT molecular complexity index is 523. The van der Waals surface area contributed by atoms with Gasteiger partial charge in [0.25, 0.3) is 0 Å². The Labute approximate surface area is 144 Å². The molecule has 24 heavy (non-hydrogen) atoms. The number of benzene rings is 1. The average Bonchev–Trinajstić information content (AvgIpc) is 3.42. The van der Waals surface area contributed by atoms with Gasteiger partial charge in [-0.05, 0) is 43.7 Å². The van der Waals surface area contributed by atoms with E-state index in [2.05, 4.69) is 15.5 Å². The quantitative estimate of drug-likeness (QED) is 0.717. The monoisotopic (exact) mass is 331 g/mol. The predicted octanol–water partition coefficient (Wildman–Crippen LogP) is 2.11. The number of ether oxygens (including phenoxy) is 1. The highest BCUT2D eigenvalue weighted by atomic mass is 16.5. The molecule has 1 aromatic rings. The van der Waals surface area contributed by atoms with Crippen LogP contribution in [0.5, 0.6) is 0 Å². The lowest BCUT2D eigenvalue weighted by Gasteiger charge is -2.42.